The molecule has 1 aromatic carbocycles. The molecule has 0 N–H and O–H groups in total. The molecule has 1 atom stereocenters. The maximum Gasteiger partial charge on any atom is 0.0723 e. The van der Waals surface area contributed by atoms with E-state index >= 15 is 0 Å². The number of nitrogens with zero attached hydrogens (tertiary/aromatic N) is 2. The van der Waals surface area contributed by atoms with E-state index in [4.69, 9.17) is 4.74 Å². The quantitative estimate of drug-likeness (QED) is 0.852. The molecule has 0 amide bonds. The summed E-state index contributed by atoms with van der Waals surface area (Å²) < 4.78 is 6.35. The van der Waals surface area contributed by atoms with E-state index in [9.17, 15) is 0 Å². The van der Waals surface area contributed by atoms with E-state index in [1.54, 1.807) is 0 Å². The van der Waals surface area contributed by atoms with Crippen molar-refractivity contribution in [2.75, 3.05) is 32.8 Å². The van der Waals surface area contributed by atoms with Crippen molar-refractivity contribution in [2.24, 2.45) is 0 Å². The first-order valence-electron chi connectivity index (χ1n) is 9.38. The summed E-state index contributed by atoms with van der Waals surface area (Å²) in [5, 5.41) is 0. The minimum absolute atomic E-state index is 0.192. The lowest BCUT2D eigenvalue weighted by atomic mass is 9.87. The first-order valence-corrected chi connectivity index (χ1v) is 9.38. The lowest BCUT2D eigenvalue weighted by Gasteiger charge is -2.39. The lowest BCUT2D eigenvalue weighted by molar-refractivity contribution is -0.0452. The van der Waals surface area contributed by atoms with Crippen LogP contribution < -0.4 is 0 Å². The zero-order chi connectivity index (χ0) is 15.7. The maximum absolute atomic E-state index is 6.35. The van der Waals surface area contributed by atoms with Crippen LogP contribution in [0.3, 0.4) is 0 Å². The fraction of sp³-hybridized carbons (Fsp3) is 0.700. The van der Waals surface area contributed by atoms with Crippen molar-refractivity contribution in [2.45, 2.75) is 57.2 Å². The van der Waals surface area contributed by atoms with Crippen LogP contribution in [-0.2, 0) is 11.3 Å². The summed E-state index contributed by atoms with van der Waals surface area (Å²) >= 11 is 0. The van der Waals surface area contributed by atoms with Crippen LogP contribution in [0.5, 0.6) is 0 Å². The molecule has 126 valence electrons. The molecule has 3 heterocycles. The Morgan fingerprint density at radius 3 is 2.43 bits per heavy atom. The van der Waals surface area contributed by atoms with Gasteiger partial charge in [-0.3, -0.25) is 9.80 Å². The average Bonchev–Trinajstić information content (AvgIpc) is 3.22. The third-order valence-electron chi connectivity index (χ3n) is 6.14. The molecule has 3 saturated heterocycles. The van der Waals surface area contributed by atoms with Gasteiger partial charge >= 0.3 is 0 Å². The van der Waals surface area contributed by atoms with Crippen LogP contribution in [0.25, 0.3) is 0 Å². The highest BCUT2D eigenvalue weighted by Crippen LogP contribution is 2.38. The van der Waals surface area contributed by atoms with Crippen LogP contribution in [-0.4, -0.2) is 54.2 Å². The van der Waals surface area contributed by atoms with Crippen LogP contribution in [0.2, 0.25) is 0 Å². The largest absolute Gasteiger partial charge is 0.373 e. The first-order chi connectivity index (χ1) is 11.2. The van der Waals surface area contributed by atoms with Crippen molar-refractivity contribution in [3.8, 4) is 0 Å². The van der Waals surface area contributed by atoms with Gasteiger partial charge in [0.1, 0.15) is 0 Å². The van der Waals surface area contributed by atoms with Gasteiger partial charge in [-0.15, -0.1) is 0 Å². The van der Waals surface area contributed by atoms with Crippen LogP contribution >= 0.6 is 0 Å². The van der Waals surface area contributed by atoms with Gasteiger partial charge in [0.05, 0.1) is 12.2 Å². The highest BCUT2D eigenvalue weighted by Gasteiger charge is 2.44. The third kappa shape index (κ3) is 3.47. The number of aryl methyl sites for hydroxylation is 1. The molecule has 3 aliphatic rings. The average molecular weight is 314 g/mol. The Hall–Kier alpha value is -0.900. The molecule has 1 spiro atoms. The molecule has 1 aromatic rings. The number of rotatable bonds is 3. The summed E-state index contributed by atoms with van der Waals surface area (Å²) in [6.45, 7) is 9.17. The Morgan fingerprint density at radius 2 is 1.74 bits per heavy atom. The number of hydrogen-bond donors (Lipinski definition) is 0. The summed E-state index contributed by atoms with van der Waals surface area (Å²) in [4.78, 5) is 5.27. The van der Waals surface area contributed by atoms with Crippen LogP contribution in [0.15, 0.2) is 24.3 Å². The Balaban J connectivity index is 1.29. The highest BCUT2D eigenvalue weighted by atomic mass is 16.5. The molecular weight excluding hydrogens is 284 g/mol. The first kappa shape index (κ1) is 15.6. The Morgan fingerprint density at radius 1 is 1.04 bits per heavy atom. The molecule has 4 rings (SSSR count). The molecule has 0 aliphatic carbocycles. The van der Waals surface area contributed by atoms with Crippen LogP contribution in [0.1, 0.15) is 43.2 Å². The van der Waals surface area contributed by atoms with E-state index in [1.807, 2.05) is 0 Å². The predicted molar refractivity (Wildman–Crippen MR) is 93.6 cm³/mol. The standard InChI is InChI=1S/C20H30N2O/c1-17-4-6-18(7-5-17)15-21-12-8-20(9-13-21)14-19(16-23-20)22-10-2-3-11-22/h4-7,19H,2-3,8-16H2,1H3/t19-/m0/s1. The van der Waals surface area contributed by atoms with Crippen molar-refractivity contribution >= 4 is 0 Å². The van der Waals surface area contributed by atoms with E-state index in [-0.39, 0.29) is 5.60 Å². The van der Waals surface area contributed by atoms with E-state index < -0.39 is 0 Å². The third-order valence-corrected chi connectivity index (χ3v) is 6.14. The zero-order valence-corrected chi connectivity index (χ0v) is 14.5. The molecule has 23 heavy (non-hydrogen) atoms. The highest BCUT2D eigenvalue weighted by molar-refractivity contribution is 5.21. The summed E-state index contributed by atoms with van der Waals surface area (Å²) in [5.41, 5.74) is 2.98. The minimum atomic E-state index is 0.192. The van der Waals surface area contributed by atoms with Crippen LogP contribution in [0, 0.1) is 6.92 Å². The van der Waals surface area contributed by atoms with Gasteiger partial charge in [-0.05, 0) is 57.7 Å². The smallest absolute Gasteiger partial charge is 0.0723 e. The molecule has 3 nitrogen and oxygen atoms in total. The number of piperidine rings is 1. The molecule has 3 fully saturated rings. The van der Waals surface area contributed by atoms with Crippen molar-refractivity contribution in [1.82, 2.24) is 9.80 Å². The van der Waals surface area contributed by atoms with Gasteiger partial charge in [-0.25, -0.2) is 0 Å². The maximum atomic E-state index is 6.35. The second-order valence-corrected chi connectivity index (χ2v) is 7.86. The van der Waals surface area contributed by atoms with E-state index in [1.165, 1.54) is 69.4 Å². The normalized spacial score (nSPS) is 28.7. The van der Waals surface area contributed by atoms with E-state index in [2.05, 4.69) is 41.0 Å². The van der Waals surface area contributed by atoms with Crippen molar-refractivity contribution in [1.29, 1.82) is 0 Å². The number of benzene rings is 1. The summed E-state index contributed by atoms with van der Waals surface area (Å²) in [6, 6.07) is 9.69. The summed E-state index contributed by atoms with van der Waals surface area (Å²) in [5.74, 6) is 0. The van der Waals surface area contributed by atoms with Gasteiger partial charge in [0.15, 0.2) is 0 Å². The fourth-order valence-electron chi connectivity index (χ4n) is 4.58. The summed E-state index contributed by atoms with van der Waals surface area (Å²) in [7, 11) is 0. The number of likely N-dealkylation sites (tertiary alicyclic amines) is 2. The topological polar surface area (TPSA) is 15.7 Å². The SMILES string of the molecule is Cc1ccc(CN2CCC3(CC2)C[C@H](N2CCCC2)CO3)cc1. The Bertz CT molecular complexity index is 513. The van der Waals surface area contributed by atoms with Crippen molar-refractivity contribution in [3.05, 3.63) is 35.4 Å². The molecular formula is C20H30N2O. The van der Waals surface area contributed by atoms with Gasteiger partial charge in [0, 0.05) is 25.7 Å². The second-order valence-electron chi connectivity index (χ2n) is 7.86. The minimum Gasteiger partial charge on any atom is -0.373 e. The molecule has 0 aromatic heterocycles. The van der Waals surface area contributed by atoms with Gasteiger partial charge in [0.2, 0.25) is 0 Å². The molecule has 0 radical (unpaired) electrons. The van der Waals surface area contributed by atoms with E-state index in [0.29, 0.717) is 6.04 Å². The van der Waals surface area contributed by atoms with Crippen LogP contribution in [0.4, 0.5) is 0 Å². The van der Waals surface area contributed by atoms with E-state index in [0.717, 1.165) is 13.2 Å². The number of ether oxygens (including phenoxy) is 1. The molecule has 0 saturated carbocycles. The molecule has 0 unspecified atom stereocenters. The van der Waals surface area contributed by atoms with Gasteiger partial charge in [0.25, 0.3) is 0 Å². The van der Waals surface area contributed by atoms with Crippen molar-refractivity contribution in [3.63, 3.8) is 0 Å². The zero-order valence-electron chi connectivity index (χ0n) is 14.5. The van der Waals surface area contributed by atoms with Gasteiger partial charge in [-0.2, -0.15) is 0 Å². The lowest BCUT2D eigenvalue weighted by Crippen LogP contribution is -2.44. The van der Waals surface area contributed by atoms with Gasteiger partial charge in [-0.1, -0.05) is 29.8 Å². The monoisotopic (exact) mass is 314 g/mol. The predicted octanol–water partition coefficient (Wildman–Crippen LogP) is 3.21. The molecule has 0 bridgehead atoms. The molecule has 3 aliphatic heterocycles. The fourth-order valence-corrected chi connectivity index (χ4v) is 4.58. The summed E-state index contributed by atoms with van der Waals surface area (Å²) in [6.07, 6.45) is 6.46. The molecule has 3 heteroatoms. The van der Waals surface area contributed by atoms with Gasteiger partial charge < -0.3 is 4.74 Å². The Labute approximate surface area is 140 Å². The van der Waals surface area contributed by atoms with Crippen molar-refractivity contribution < 1.29 is 4.74 Å². The second kappa shape index (κ2) is 6.54. The Kier molecular flexibility index (Phi) is 4.44. The number of hydrogen-bond acceptors (Lipinski definition) is 3.